The number of fused-ring (bicyclic) bond motifs is 1. The molecule has 0 unspecified atom stereocenters. The van der Waals surface area contributed by atoms with Crippen LogP contribution in [0.5, 0.6) is 11.5 Å². The van der Waals surface area contributed by atoms with Crippen molar-refractivity contribution in [1.29, 1.82) is 0 Å². The number of nitrogens with zero attached hydrogens (tertiary/aromatic N) is 3. The first-order chi connectivity index (χ1) is 12.5. The second-order valence-corrected chi connectivity index (χ2v) is 5.75. The first kappa shape index (κ1) is 17.5. The molecule has 0 aliphatic carbocycles. The van der Waals surface area contributed by atoms with Gasteiger partial charge in [0.1, 0.15) is 22.8 Å². The van der Waals surface area contributed by atoms with E-state index in [9.17, 15) is 4.79 Å². The van der Waals surface area contributed by atoms with Gasteiger partial charge in [0.2, 0.25) is 0 Å². The predicted molar refractivity (Wildman–Crippen MR) is 99.3 cm³/mol. The number of ether oxygens (including phenoxy) is 2. The summed E-state index contributed by atoms with van der Waals surface area (Å²) < 4.78 is 12.4. The van der Waals surface area contributed by atoms with E-state index in [4.69, 9.17) is 9.47 Å². The van der Waals surface area contributed by atoms with Crippen LogP contribution in [0.1, 0.15) is 27.3 Å². The molecule has 3 aromatic rings. The smallest absolute Gasteiger partial charge is 0.290 e. The standard InChI is InChI=1S/C19H20N4O3/c1-12-8-9-23-17(10-12)21-13(2)18(23)19(24)22-20-11-14-15(25-3)6-5-7-16(14)26-4/h5-11H,1-4H3,(H,22,24)/b20-11-. The average molecular weight is 352 g/mol. The molecule has 1 aromatic carbocycles. The van der Waals surface area contributed by atoms with Gasteiger partial charge in [-0.15, -0.1) is 0 Å². The summed E-state index contributed by atoms with van der Waals surface area (Å²) in [6.45, 7) is 3.78. The van der Waals surface area contributed by atoms with Gasteiger partial charge in [-0.3, -0.25) is 9.20 Å². The maximum atomic E-state index is 12.6. The van der Waals surface area contributed by atoms with Gasteiger partial charge in [0.25, 0.3) is 5.91 Å². The number of aryl methyl sites for hydroxylation is 2. The second kappa shape index (κ2) is 7.26. The van der Waals surface area contributed by atoms with E-state index in [1.165, 1.54) is 6.21 Å². The van der Waals surface area contributed by atoms with E-state index in [-0.39, 0.29) is 5.91 Å². The minimum atomic E-state index is -0.344. The molecule has 0 aliphatic rings. The number of pyridine rings is 1. The van der Waals surface area contributed by atoms with E-state index >= 15 is 0 Å². The molecule has 2 aromatic heterocycles. The van der Waals surface area contributed by atoms with E-state index in [0.29, 0.717) is 28.5 Å². The number of carbonyl (C=O) groups excluding carboxylic acids is 1. The summed E-state index contributed by atoms with van der Waals surface area (Å²) in [5.74, 6) is 0.858. The van der Waals surface area contributed by atoms with Gasteiger partial charge in [0.05, 0.1) is 31.7 Å². The molecular weight excluding hydrogens is 332 g/mol. The van der Waals surface area contributed by atoms with Gasteiger partial charge in [0, 0.05) is 6.20 Å². The molecule has 0 saturated heterocycles. The third-order valence-electron chi connectivity index (χ3n) is 4.00. The summed E-state index contributed by atoms with van der Waals surface area (Å²) in [4.78, 5) is 17.0. The summed E-state index contributed by atoms with van der Waals surface area (Å²) in [7, 11) is 3.13. The van der Waals surface area contributed by atoms with E-state index in [1.54, 1.807) is 37.7 Å². The molecular formula is C19H20N4O3. The highest BCUT2D eigenvalue weighted by Crippen LogP contribution is 2.26. The molecule has 1 amide bonds. The van der Waals surface area contributed by atoms with Gasteiger partial charge in [0.15, 0.2) is 0 Å². The Kier molecular flexibility index (Phi) is 4.88. The molecule has 26 heavy (non-hydrogen) atoms. The Morgan fingerprint density at radius 1 is 1.19 bits per heavy atom. The normalized spacial score (nSPS) is 11.1. The van der Waals surface area contributed by atoms with Gasteiger partial charge < -0.3 is 9.47 Å². The van der Waals surface area contributed by atoms with Crippen molar-refractivity contribution in [3.63, 3.8) is 0 Å². The Morgan fingerprint density at radius 2 is 1.88 bits per heavy atom. The second-order valence-electron chi connectivity index (χ2n) is 5.75. The fourth-order valence-corrected chi connectivity index (χ4v) is 2.75. The first-order valence-electron chi connectivity index (χ1n) is 8.05. The highest BCUT2D eigenvalue weighted by molar-refractivity contribution is 5.96. The quantitative estimate of drug-likeness (QED) is 0.566. The summed E-state index contributed by atoms with van der Waals surface area (Å²) in [6, 6.07) is 9.25. The zero-order valence-corrected chi connectivity index (χ0v) is 15.1. The van der Waals surface area contributed by atoms with Crippen LogP contribution in [0, 0.1) is 13.8 Å². The maximum Gasteiger partial charge on any atom is 0.290 e. The highest BCUT2D eigenvalue weighted by Gasteiger charge is 2.16. The molecule has 0 aliphatic heterocycles. The van der Waals surface area contributed by atoms with Crippen LogP contribution in [0.15, 0.2) is 41.6 Å². The van der Waals surface area contributed by atoms with Crippen molar-refractivity contribution in [2.75, 3.05) is 14.2 Å². The number of hydrazone groups is 1. The van der Waals surface area contributed by atoms with Gasteiger partial charge in [-0.05, 0) is 43.7 Å². The number of hydrogen-bond donors (Lipinski definition) is 1. The Labute approximate surface area is 151 Å². The lowest BCUT2D eigenvalue weighted by Gasteiger charge is -2.09. The van der Waals surface area contributed by atoms with Crippen LogP contribution in [-0.4, -0.2) is 35.7 Å². The minimum Gasteiger partial charge on any atom is -0.496 e. The molecule has 0 spiro atoms. The summed E-state index contributed by atoms with van der Waals surface area (Å²) in [5.41, 5.74) is 6.07. The minimum absolute atomic E-state index is 0.344. The lowest BCUT2D eigenvalue weighted by molar-refractivity contribution is 0.0948. The number of aromatic nitrogens is 2. The van der Waals surface area contributed by atoms with Crippen LogP contribution >= 0.6 is 0 Å². The number of rotatable bonds is 5. The van der Waals surface area contributed by atoms with Crippen molar-refractivity contribution in [1.82, 2.24) is 14.8 Å². The van der Waals surface area contributed by atoms with Crippen LogP contribution in [0.25, 0.3) is 5.65 Å². The fraction of sp³-hybridized carbons (Fsp3) is 0.211. The van der Waals surface area contributed by atoms with Gasteiger partial charge in [-0.2, -0.15) is 5.10 Å². The zero-order chi connectivity index (χ0) is 18.7. The number of imidazole rings is 1. The number of hydrogen-bond acceptors (Lipinski definition) is 5. The number of methoxy groups -OCH3 is 2. The topological polar surface area (TPSA) is 77.2 Å². The lowest BCUT2D eigenvalue weighted by Crippen LogP contribution is -2.20. The van der Waals surface area contributed by atoms with Crippen molar-refractivity contribution < 1.29 is 14.3 Å². The van der Waals surface area contributed by atoms with Crippen LogP contribution in [0.2, 0.25) is 0 Å². The summed E-state index contributed by atoms with van der Waals surface area (Å²) in [6.07, 6.45) is 3.32. The van der Waals surface area contributed by atoms with E-state index in [1.807, 2.05) is 31.3 Å². The summed E-state index contributed by atoms with van der Waals surface area (Å²) in [5, 5.41) is 4.05. The molecule has 7 nitrogen and oxygen atoms in total. The molecule has 134 valence electrons. The fourth-order valence-electron chi connectivity index (χ4n) is 2.75. The molecule has 0 radical (unpaired) electrons. The molecule has 0 fully saturated rings. The molecule has 0 saturated carbocycles. The molecule has 0 atom stereocenters. The highest BCUT2D eigenvalue weighted by atomic mass is 16.5. The van der Waals surface area contributed by atoms with Crippen molar-refractivity contribution >= 4 is 17.8 Å². The summed E-state index contributed by atoms with van der Waals surface area (Å²) >= 11 is 0. The van der Waals surface area contributed by atoms with Crippen LogP contribution in [0.3, 0.4) is 0 Å². The zero-order valence-electron chi connectivity index (χ0n) is 15.1. The third kappa shape index (κ3) is 3.23. The van der Waals surface area contributed by atoms with Crippen molar-refractivity contribution in [3.05, 3.63) is 59.0 Å². The van der Waals surface area contributed by atoms with Gasteiger partial charge in [-0.1, -0.05) is 6.07 Å². The number of benzene rings is 1. The molecule has 1 N–H and O–H groups in total. The Morgan fingerprint density at radius 3 is 2.54 bits per heavy atom. The maximum absolute atomic E-state index is 12.6. The average Bonchev–Trinajstić information content (AvgIpc) is 2.96. The van der Waals surface area contributed by atoms with E-state index in [0.717, 1.165) is 11.2 Å². The molecule has 3 rings (SSSR count). The van der Waals surface area contributed by atoms with Crippen molar-refractivity contribution in [3.8, 4) is 11.5 Å². The SMILES string of the molecule is COc1cccc(OC)c1/C=N\NC(=O)c1c(C)nc2cc(C)ccn12. The first-order valence-corrected chi connectivity index (χ1v) is 8.05. The van der Waals surface area contributed by atoms with Crippen LogP contribution < -0.4 is 14.9 Å². The predicted octanol–water partition coefficient (Wildman–Crippen LogP) is 2.73. The monoisotopic (exact) mass is 352 g/mol. The van der Waals surface area contributed by atoms with Crippen LogP contribution in [0.4, 0.5) is 0 Å². The van der Waals surface area contributed by atoms with Crippen LogP contribution in [-0.2, 0) is 0 Å². The Bertz CT molecular complexity index is 970. The largest absolute Gasteiger partial charge is 0.496 e. The number of carbonyl (C=O) groups is 1. The van der Waals surface area contributed by atoms with Crippen molar-refractivity contribution in [2.45, 2.75) is 13.8 Å². The Hall–Kier alpha value is -3.35. The molecule has 2 heterocycles. The van der Waals surface area contributed by atoms with E-state index in [2.05, 4.69) is 15.5 Å². The van der Waals surface area contributed by atoms with Crippen molar-refractivity contribution in [2.24, 2.45) is 5.10 Å². The van der Waals surface area contributed by atoms with Gasteiger partial charge in [-0.25, -0.2) is 10.4 Å². The molecule has 0 bridgehead atoms. The van der Waals surface area contributed by atoms with E-state index < -0.39 is 0 Å². The third-order valence-corrected chi connectivity index (χ3v) is 4.00. The molecule has 7 heteroatoms. The number of amides is 1. The lowest BCUT2D eigenvalue weighted by atomic mass is 10.2. The van der Waals surface area contributed by atoms with Gasteiger partial charge >= 0.3 is 0 Å². The number of nitrogens with one attached hydrogen (secondary N) is 1. The Balaban J connectivity index is 1.86.